The molecule has 3 nitrogen and oxygen atoms in total. The molecule has 0 heterocycles. The Bertz CT molecular complexity index is 684. The Labute approximate surface area is 118 Å². The molecule has 0 amide bonds. The van der Waals surface area contributed by atoms with E-state index in [4.69, 9.17) is 5.73 Å². The molecule has 20 heavy (non-hydrogen) atoms. The Morgan fingerprint density at radius 1 is 0.950 bits per heavy atom. The van der Waals surface area contributed by atoms with E-state index < -0.39 is 15.7 Å². The Balaban J connectivity index is 2.20. The van der Waals surface area contributed by atoms with Gasteiger partial charge in [0.2, 0.25) is 0 Å². The summed E-state index contributed by atoms with van der Waals surface area (Å²) in [6.07, 6.45) is 0. The highest BCUT2D eigenvalue weighted by molar-refractivity contribution is 7.89. The largest absolute Gasteiger partial charge is 0.326 e. The zero-order valence-electron chi connectivity index (χ0n) is 10.9. The van der Waals surface area contributed by atoms with Crippen molar-refractivity contribution in [3.63, 3.8) is 0 Å². The smallest absolute Gasteiger partial charge is 0.158 e. The Morgan fingerprint density at radius 3 is 2.30 bits per heavy atom. The summed E-state index contributed by atoms with van der Waals surface area (Å²) in [6.45, 7) is 0.256. The maximum Gasteiger partial charge on any atom is 0.158 e. The topological polar surface area (TPSA) is 60.2 Å². The molecule has 0 aliphatic carbocycles. The minimum Gasteiger partial charge on any atom is -0.326 e. The molecular formula is C15H16FNO2S. The van der Waals surface area contributed by atoms with Crippen molar-refractivity contribution in [2.45, 2.75) is 18.1 Å². The van der Waals surface area contributed by atoms with Crippen molar-refractivity contribution >= 4 is 9.84 Å². The molecule has 0 bridgehead atoms. The van der Waals surface area contributed by atoms with E-state index in [1.165, 1.54) is 12.1 Å². The fourth-order valence-corrected chi connectivity index (χ4v) is 3.48. The van der Waals surface area contributed by atoms with Crippen molar-refractivity contribution in [1.82, 2.24) is 0 Å². The van der Waals surface area contributed by atoms with Gasteiger partial charge in [-0.05, 0) is 17.2 Å². The zero-order chi connectivity index (χ0) is 14.6. The molecule has 0 aromatic heterocycles. The summed E-state index contributed by atoms with van der Waals surface area (Å²) in [5, 5.41) is 0. The van der Waals surface area contributed by atoms with Crippen molar-refractivity contribution in [3.8, 4) is 0 Å². The summed E-state index contributed by atoms with van der Waals surface area (Å²) in [5.41, 5.74) is 7.07. The number of rotatable bonds is 5. The van der Waals surface area contributed by atoms with E-state index >= 15 is 0 Å². The van der Waals surface area contributed by atoms with E-state index in [2.05, 4.69) is 0 Å². The summed E-state index contributed by atoms with van der Waals surface area (Å²) in [6, 6.07) is 13.2. The lowest BCUT2D eigenvalue weighted by molar-refractivity contribution is 0.586. The number of nitrogens with two attached hydrogens (primary N) is 1. The highest BCUT2D eigenvalue weighted by Gasteiger charge is 2.16. The van der Waals surface area contributed by atoms with E-state index in [1.807, 2.05) is 6.07 Å². The molecule has 0 radical (unpaired) electrons. The van der Waals surface area contributed by atoms with Gasteiger partial charge in [0.05, 0.1) is 11.5 Å². The van der Waals surface area contributed by atoms with Crippen molar-refractivity contribution in [3.05, 3.63) is 71.0 Å². The summed E-state index contributed by atoms with van der Waals surface area (Å²) in [5.74, 6) is -0.930. The second kappa shape index (κ2) is 6.15. The van der Waals surface area contributed by atoms with Crippen molar-refractivity contribution in [2.24, 2.45) is 5.73 Å². The van der Waals surface area contributed by atoms with Crippen LogP contribution in [0.3, 0.4) is 0 Å². The van der Waals surface area contributed by atoms with Crippen LogP contribution in [-0.2, 0) is 27.9 Å². The van der Waals surface area contributed by atoms with Gasteiger partial charge in [-0.25, -0.2) is 12.8 Å². The second-order valence-electron chi connectivity index (χ2n) is 4.65. The van der Waals surface area contributed by atoms with Gasteiger partial charge < -0.3 is 5.73 Å². The van der Waals surface area contributed by atoms with Gasteiger partial charge in [0.15, 0.2) is 9.84 Å². The highest BCUT2D eigenvalue weighted by Crippen LogP contribution is 2.16. The van der Waals surface area contributed by atoms with Crippen LogP contribution in [0.5, 0.6) is 0 Å². The lowest BCUT2D eigenvalue weighted by atomic mass is 10.1. The standard InChI is InChI=1S/C15H16FNO2S/c16-15-7-6-13(9-17)8-14(15)11-20(18,19)10-12-4-2-1-3-5-12/h1-8H,9-11,17H2. The molecule has 2 N–H and O–H groups in total. The first-order chi connectivity index (χ1) is 9.50. The maximum atomic E-state index is 13.7. The molecule has 5 heteroatoms. The van der Waals surface area contributed by atoms with Crippen LogP contribution in [-0.4, -0.2) is 8.42 Å². The maximum absolute atomic E-state index is 13.7. The van der Waals surface area contributed by atoms with Crippen molar-refractivity contribution < 1.29 is 12.8 Å². The van der Waals surface area contributed by atoms with Crippen LogP contribution in [0.4, 0.5) is 4.39 Å². The Morgan fingerprint density at radius 2 is 1.65 bits per heavy atom. The lowest BCUT2D eigenvalue weighted by Gasteiger charge is -2.07. The van der Waals surface area contributed by atoms with Gasteiger partial charge in [0.25, 0.3) is 0 Å². The highest BCUT2D eigenvalue weighted by atomic mass is 32.2. The third-order valence-corrected chi connectivity index (χ3v) is 4.47. The predicted molar refractivity (Wildman–Crippen MR) is 77.1 cm³/mol. The van der Waals surface area contributed by atoms with Crippen LogP contribution in [0.25, 0.3) is 0 Å². The van der Waals surface area contributed by atoms with Crippen molar-refractivity contribution in [2.75, 3.05) is 0 Å². The molecule has 0 aliphatic heterocycles. The molecule has 0 fully saturated rings. The molecule has 0 atom stereocenters. The number of sulfone groups is 1. The first kappa shape index (κ1) is 14.7. The minimum absolute atomic E-state index is 0.0971. The Kier molecular flexibility index (Phi) is 4.52. The molecule has 0 saturated carbocycles. The van der Waals surface area contributed by atoms with Crippen LogP contribution < -0.4 is 5.73 Å². The van der Waals surface area contributed by atoms with Crippen LogP contribution in [0.15, 0.2) is 48.5 Å². The van der Waals surface area contributed by atoms with Crippen LogP contribution in [0, 0.1) is 5.82 Å². The monoisotopic (exact) mass is 293 g/mol. The van der Waals surface area contributed by atoms with Crippen molar-refractivity contribution in [1.29, 1.82) is 0 Å². The number of benzene rings is 2. The molecule has 2 aromatic carbocycles. The third kappa shape index (κ3) is 3.88. The van der Waals surface area contributed by atoms with Gasteiger partial charge in [0, 0.05) is 12.1 Å². The summed E-state index contributed by atoms with van der Waals surface area (Å²) >= 11 is 0. The SMILES string of the molecule is NCc1ccc(F)c(CS(=O)(=O)Cc2ccccc2)c1. The summed E-state index contributed by atoms with van der Waals surface area (Å²) < 4.78 is 37.9. The van der Waals surface area contributed by atoms with Gasteiger partial charge in [0.1, 0.15) is 5.82 Å². The van der Waals surface area contributed by atoms with Crippen LogP contribution >= 0.6 is 0 Å². The number of hydrogen-bond acceptors (Lipinski definition) is 3. The quantitative estimate of drug-likeness (QED) is 0.921. The molecule has 0 aliphatic rings. The van der Waals surface area contributed by atoms with E-state index in [9.17, 15) is 12.8 Å². The van der Waals surface area contributed by atoms with Gasteiger partial charge >= 0.3 is 0 Å². The number of hydrogen-bond donors (Lipinski definition) is 1. The van der Waals surface area contributed by atoms with E-state index in [0.717, 1.165) is 5.56 Å². The third-order valence-electron chi connectivity index (χ3n) is 2.95. The average Bonchev–Trinajstić information content (AvgIpc) is 2.41. The normalized spacial score (nSPS) is 11.5. The number of halogens is 1. The molecule has 0 unspecified atom stereocenters. The first-order valence-electron chi connectivity index (χ1n) is 6.22. The zero-order valence-corrected chi connectivity index (χ0v) is 11.7. The predicted octanol–water partition coefficient (Wildman–Crippen LogP) is 2.40. The molecule has 2 rings (SSSR count). The van der Waals surface area contributed by atoms with E-state index in [-0.39, 0.29) is 23.6 Å². The molecular weight excluding hydrogens is 277 g/mol. The van der Waals surface area contributed by atoms with E-state index in [0.29, 0.717) is 5.56 Å². The fourth-order valence-electron chi connectivity index (χ4n) is 1.98. The summed E-state index contributed by atoms with van der Waals surface area (Å²) in [4.78, 5) is 0. The van der Waals surface area contributed by atoms with Gasteiger partial charge in [-0.15, -0.1) is 0 Å². The van der Waals surface area contributed by atoms with Gasteiger partial charge in [-0.3, -0.25) is 0 Å². The second-order valence-corrected chi connectivity index (χ2v) is 6.71. The average molecular weight is 293 g/mol. The van der Waals surface area contributed by atoms with Crippen LogP contribution in [0.1, 0.15) is 16.7 Å². The minimum atomic E-state index is -3.42. The summed E-state index contributed by atoms with van der Waals surface area (Å²) in [7, 11) is -3.42. The van der Waals surface area contributed by atoms with Gasteiger partial charge in [-0.1, -0.05) is 42.5 Å². The molecule has 2 aromatic rings. The molecule has 0 spiro atoms. The Hall–Kier alpha value is -1.72. The van der Waals surface area contributed by atoms with Gasteiger partial charge in [-0.2, -0.15) is 0 Å². The fraction of sp³-hybridized carbons (Fsp3) is 0.200. The van der Waals surface area contributed by atoms with E-state index in [1.54, 1.807) is 30.3 Å². The molecule has 0 saturated heterocycles. The van der Waals surface area contributed by atoms with Crippen LogP contribution in [0.2, 0.25) is 0 Å². The first-order valence-corrected chi connectivity index (χ1v) is 8.04. The molecule has 106 valence electrons. The lowest BCUT2D eigenvalue weighted by Crippen LogP contribution is -2.10.